The van der Waals surface area contributed by atoms with E-state index in [-0.39, 0.29) is 5.82 Å². The maximum Gasteiger partial charge on any atom is 0.376 e. The molecule has 0 aliphatic carbocycles. The Labute approximate surface area is 51.6 Å². The highest BCUT2D eigenvalue weighted by molar-refractivity contribution is 5.02. The molecule has 1 N–H and O–H groups in total. The van der Waals surface area contributed by atoms with Gasteiger partial charge < -0.3 is 0 Å². The minimum absolute atomic E-state index is 0.248. The summed E-state index contributed by atoms with van der Waals surface area (Å²) in [6.45, 7) is 0. The Balaban J connectivity index is 3.22. The van der Waals surface area contributed by atoms with Crippen LogP contribution in [-0.2, 0) is 0 Å². The Morgan fingerprint density at radius 3 is 2.78 bits per heavy atom. The topological polar surface area (TPSA) is 67.2 Å². The molecule has 4 nitrogen and oxygen atoms in total. The molecular formula is C5H3N4+. The molecule has 0 radical (unpaired) electrons. The minimum atomic E-state index is 0.248. The number of nitrogens with zero attached hydrogens (tertiary/aromatic N) is 3. The Morgan fingerprint density at radius 2 is 2.33 bits per heavy atom. The number of nitrogens with one attached hydrogen (secondary N) is 1. The third-order valence-corrected chi connectivity index (χ3v) is 0.898. The van der Waals surface area contributed by atoms with Crippen LogP contribution < -0.4 is 4.57 Å². The molecule has 1 aromatic heterocycles. The monoisotopic (exact) mass is 119 g/mol. The molecule has 1 heterocycles. The number of H-pyrrole nitrogens is 1. The lowest BCUT2D eigenvalue weighted by Crippen LogP contribution is -2.28. The van der Waals surface area contributed by atoms with Crippen LogP contribution in [0.2, 0.25) is 0 Å². The molecule has 0 fully saturated rings. The van der Waals surface area contributed by atoms with E-state index in [1.54, 1.807) is 6.19 Å². The van der Waals surface area contributed by atoms with Crippen LogP contribution in [0, 0.1) is 22.8 Å². The van der Waals surface area contributed by atoms with Crippen molar-refractivity contribution in [2.75, 3.05) is 0 Å². The van der Waals surface area contributed by atoms with Gasteiger partial charge in [-0.3, -0.25) is 4.98 Å². The van der Waals surface area contributed by atoms with Gasteiger partial charge in [-0.1, -0.05) is 0 Å². The fourth-order valence-electron chi connectivity index (χ4n) is 0.504. The van der Waals surface area contributed by atoms with Gasteiger partial charge in [-0.2, -0.15) is 5.26 Å². The van der Waals surface area contributed by atoms with Crippen molar-refractivity contribution < 1.29 is 4.57 Å². The van der Waals surface area contributed by atoms with Crippen molar-refractivity contribution in [3.05, 3.63) is 18.2 Å². The van der Waals surface area contributed by atoms with E-state index in [1.165, 1.54) is 12.4 Å². The Hall–Kier alpha value is -1.81. The van der Waals surface area contributed by atoms with Gasteiger partial charge in [0.25, 0.3) is 0 Å². The highest BCUT2D eigenvalue weighted by Crippen LogP contribution is 1.77. The highest BCUT2D eigenvalue weighted by atomic mass is 15.0. The molecule has 0 saturated carbocycles. The molecule has 0 spiro atoms. The quantitative estimate of drug-likeness (QED) is 0.468. The van der Waals surface area contributed by atoms with Crippen LogP contribution in [0.5, 0.6) is 0 Å². The summed E-state index contributed by atoms with van der Waals surface area (Å²) in [5.41, 5.74) is 0. The van der Waals surface area contributed by atoms with E-state index in [9.17, 15) is 0 Å². The van der Waals surface area contributed by atoms with Crippen molar-refractivity contribution in [2.45, 2.75) is 0 Å². The predicted molar refractivity (Wildman–Crippen MR) is 26.7 cm³/mol. The van der Waals surface area contributed by atoms with Crippen LogP contribution in [0.1, 0.15) is 5.82 Å². The van der Waals surface area contributed by atoms with Crippen molar-refractivity contribution in [3.8, 4) is 12.3 Å². The molecule has 0 aliphatic rings. The van der Waals surface area contributed by atoms with E-state index in [2.05, 4.69) is 4.98 Å². The van der Waals surface area contributed by atoms with Crippen LogP contribution in [0.3, 0.4) is 0 Å². The molecular weight excluding hydrogens is 116 g/mol. The van der Waals surface area contributed by atoms with Crippen LogP contribution in [0.4, 0.5) is 0 Å². The number of rotatable bonds is 0. The summed E-state index contributed by atoms with van der Waals surface area (Å²) in [7, 11) is 0. The first-order valence-electron chi connectivity index (χ1n) is 2.27. The lowest BCUT2D eigenvalue weighted by Gasteiger charge is -1.71. The van der Waals surface area contributed by atoms with Gasteiger partial charge in [0.1, 0.15) is 6.20 Å². The molecule has 9 heavy (non-hydrogen) atoms. The average Bonchev–Trinajstić information content (AvgIpc) is 2.33. The van der Waals surface area contributed by atoms with E-state index in [0.717, 1.165) is 4.57 Å². The summed E-state index contributed by atoms with van der Waals surface area (Å²) in [6.07, 6.45) is 4.80. The van der Waals surface area contributed by atoms with Gasteiger partial charge >= 0.3 is 12.0 Å². The third-order valence-electron chi connectivity index (χ3n) is 0.898. The number of aromatic nitrogens is 2. The molecule has 0 aromatic carbocycles. The first-order valence-corrected chi connectivity index (χ1v) is 2.27. The molecule has 0 saturated heterocycles. The summed E-state index contributed by atoms with van der Waals surface area (Å²) in [6, 6.07) is 1.81. The second-order valence-corrected chi connectivity index (χ2v) is 1.39. The second kappa shape index (κ2) is 1.97. The summed E-state index contributed by atoms with van der Waals surface area (Å²) in [5.74, 6) is 0.248. The van der Waals surface area contributed by atoms with E-state index in [0.29, 0.717) is 0 Å². The van der Waals surface area contributed by atoms with Gasteiger partial charge in [-0.25, -0.2) is 0 Å². The van der Waals surface area contributed by atoms with Crippen molar-refractivity contribution >= 4 is 0 Å². The van der Waals surface area contributed by atoms with Crippen molar-refractivity contribution in [1.82, 2.24) is 4.98 Å². The zero-order valence-electron chi connectivity index (χ0n) is 4.50. The average molecular weight is 119 g/mol. The maximum atomic E-state index is 8.29. The zero-order valence-corrected chi connectivity index (χ0v) is 4.50. The number of hydrogen-bond acceptors (Lipinski definition) is 2. The van der Waals surface area contributed by atoms with Gasteiger partial charge in [0, 0.05) is 5.26 Å². The smallest absolute Gasteiger partial charge is 0.267 e. The van der Waals surface area contributed by atoms with E-state index < -0.39 is 0 Å². The molecule has 0 aliphatic heterocycles. The Kier molecular flexibility index (Phi) is 1.17. The number of nitriles is 2. The van der Waals surface area contributed by atoms with Gasteiger partial charge in [-0.15, -0.1) is 4.57 Å². The Morgan fingerprint density at radius 1 is 1.56 bits per heavy atom. The highest BCUT2D eigenvalue weighted by Gasteiger charge is 2.03. The number of aromatic amines is 1. The molecule has 0 amide bonds. The maximum absolute atomic E-state index is 8.29. The van der Waals surface area contributed by atoms with Crippen molar-refractivity contribution in [2.24, 2.45) is 0 Å². The SMILES string of the molecule is N#Cc1[nH]cc[n+]1C#N. The van der Waals surface area contributed by atoms with E-state index >= 15 is 0 Å². The summed E-state index contributed by atoms with van der Waals surface area (Å²) in [4.78, 5) is 2.59. The molecule has 0 unspecified atom stereocenters. The van der Waals surface area contributed by atoms with Gasteiger partial charge in [-0.05, 0) is 0 Å². The lowest BCUT2D eigenvalue weighted by molar-refractivity contribution is -0.587. The normalized spacial score (nSPS) is 7.78. The lowest BCUT2D eigenvalue weighted by atomic mass is 10.7. The number of hydrogen-bond donors (Lipinski definition) is 1. The van der Waals surface area contributed by atoms with Gasteiger partial charge in [0.15, 0.2) is 6.07 Å². The van der Waals surface area contributed by atoms with Crippen LogP contribution in [-0.4, -0.2) is 4.98 Å². The first kappa shape index (κ1) is 5.33. The van der Waals surface area contributed by atoms with Crippen LogP contribution in [0.15, 0.2) is 12.4 Å². The van der Waals surface area contributed by atoms with Crippen molar-refractivity contribution in [3.63, 3.8) is 0 Å². The molecule has 1 rings (SSSR count). The van der Waals surface area contributed by atoms with Crippen LogP contribution in [0.25, 0.3) is 0 Å². The summed E-state index contributed by atoms with van der Waals surface area (Å²) < 4.78 is 1.15. The zero-order chi connectivity index (χ0) is 6.69. The molecule has 42 valence electrons. The van der Waals surface area contributed by atoms with E-state index in [1.807, 2.05) is 6.07 Å². The van der Waals surface area contributed by atoms with Crippen LogP contribution >= 0.6 is 0 Å². The summed E-state index contributed by atoms with van der Waals surface area (Å²) >= 11 is 0. The van der Waals surface area contributed by atoms with Gasteiger partial charge in [0.05, 0.1) is 6.20 Å². The fourth-order valence-corrected chi connectivity index (χ4v) is 0.504. The molecule has 1 aromatic rings. The van der Waals surface area contributed by atoms with Gasteiger partial charge in [0.2, 0.25) is 0 Å². The molecule has 0 bridgehead atoms. The standard InChI is InChI=1S/C5H2N4/c6-3-5-8-1-2-9(5)4-7/h1-2H/p+1. The fraction of sp³-hybridized carbons (Fsp3) is 0. The largest absolute Gasteiger partial charge is 0.376 e. The summed E-state index contributed by atoms with van der Waals surface area (Å²) in [5, 5.41) is 16.6. The second-order valence-electron chi connectivity index (χ2n) is 1.39. The van der Waals surface area contributed by atoms with E-state index in [4.69, 9.17) is 10.5 Å². The number of imidazole rings is 1. The Bertz CT molecular complexity index is 256. The first-order chi connectivity index (χ1) is 4.38. The molecule has 0 atom stereocenters. The third kappa shape index (κ3) is 0.731. The van der Waals surface area contributed by atoms with Crippen molar-refractivity contribution in [1.29, 1.82) is 10.5 Å². The predicted octanol–water partition coefficient (Wildman–Crippen LogP) is -0.497. The molecule has 4 heteroatoms. The minimum Gasteiger partial charge on any atom is -0.267 e.